The molecule has 2 amide bonds. The summed E-state index contributed by atoms with van der Waals surface area (Å²) in [5.74, 6) is 0.217. The Kier molecular flexibility index (Phi) is 6.08. The van der Waals surface area contributed by atoms with Crippen LogP contribution in [0.25, 0.3) is 0 Å². The molecule has 1 fully saturated rings. The molecule has 2 atom stereocenters. The van der Waals surface area contributed by atoms with Crippen LogP contribution >= 0.6 is 11.3 Å². The maximum atomic E-state index is 12.3. The van der Waals surface area contributed by atoms with Crippen molar-refractivity contribution in [2.24, 2.45) is 11.7 Å². The number of nitrogens with one attached hydrogen (secondary N) is 1. The molecule has 1 unspecified atom stereocenters. The van der Waals surface area contributed by atoms with Gasteiger partial charge in [-0.25, -0.2) is 4.98 Å². The van der Waals surface area contributed by atoms with Crippen LogP contribution in [0.15, 0.2) is 29.6 Å². The molecule has 0 aliphatic carbocycles. The first kappa shape index (κ1) is 19.3. The van der Waals surface area contributed by atoms with E-state index in [0.29, 0.717) is 16.6 Å². The number of anilines is 2. The second-order valence-corrected chi connectivity index (χ2v) is 7.61. The van der Waals surface area contributed by atoms with Crippen molar-refractivity contribution in [3.63, 3.8) is 0 Å². The standard InChI is InChI=1S/C19H24N4O3S/c1-13(24)23(16-7-3-4-8-17(16)26-2)19-21-15(12-27-19)11-22-9-5-6-14(10-22)18(20)25/h3-4,7-8,12,14H,5-6,9-11H2,1-2H3,(H2,20,25)/p+1/t14-/m1/s1. The van der Waals surface area contributed by atoms with Gasteiger partial charge in [0.05, 0.1) is 31.8 Å². The quantitative estimate of drug-likeness (QED) is 0.775. The number of benzene rings is 1. The first-order chi connectivity index (χ1) is 13.0. The van der Waals surface area contributed by atoms with Crippen LogP contribution in [-0.2, 0) is 16.1 Å². The van der Waals surface area contributed by atoms with Crippen molar-refractivity contribution < 1.29 is 19.2 Å². The summed E-state index contributed by atoms with van der Waals surface area (Å²) in [4.78, 5) is 31.3. The lowest BCUT2D eigenvalue weighted by Crippen LogP contribution is -3.12. The summed E-state index contributed by atoms with van der Waals surface area (Å²) in [5.41, 5.74) is 7.06. The summed E-state index contributed by atoms with van der Waals surface area (Å²) in [6.07, 6.45) is 1.85. The molecule has 1 aliphatic rings. The van der Waals surface area contributed by atoms with Crippen LogP contribution in [0.4, 0.5) is 10.8 Å². The van der Waals surface area contributed by atoms with Gasteiger partial charge in [-0.3, -0.25) is 14.5 Å². The monoisotopic (exact) mass is 389 g/mol. The number of rotatable bonds is 6. The van der Waals surface area contributed by atoms with Gasteiger partial charge in [0.2, 0.25) is 11.8 Å². The van der Waals surface area contributed by atoms with Crippen molar-refractivity contribution in [3.05, 3.63) is 35.3 Å². The third-order valence-electron chi connectivity index (χ3n) is 4.82. The molecule has 2 aromatic rings. The molecule has 1 aromatic carbocycles. The van der Waals surface area contributed by atoms with Crippen LogP contribution in [0.2, 0.25) is 0 Å². The number of hydrogen-bond donors (Lipinski definition) is 2. The molecule has 2 heterocycles. The van der Waals surface area contributed by atoms with Gasteiger partial charge in [-0.15, -0.1) is 11.3 Å². The van der Waals surface area contributed by atoms with E-state index in [9.17, 15) is 9.59 Å². The number of carbonyl (C=O) groups is 2. The number of methoxy groups -OCH3 is 1. The molecular weight excluding hydrogens is 364 g/mol. The minimum atomic E-state index is -0.218. The van der Waals surface area contributed by atoms with Gasteiger partial charge in [-0.2, -0.15) is 0 Å². The number of amides is 2. The van der Waals surface area contributed by atoms with Crippen LogP contribution in [-0.4, -0.2) is 37.0 Å². The van der Waals surface area contributed by atoms with E-state index >= 15 is 0 Å². The highest BCUT2D eigenvalue weighted by molar-refractivity contribution is 7.14. The van der Waals surface area contributed by atoms with E-state index in [2.05, 4.69) is 4.98 Å². The Balaban J connectivity index is 1.78. The molecular formula is C19H25N4O3S+. The fraction of sp³-hybridized carbons (Fsp3) is 0.421. The summed E-state index contributed by atoms with van der Waals surface area (Å²) in [6.45, 7) is 3.98. The topological polar surface area (TPSA) is 90.0 Å². The Morgan fingerprint density at radius 3 is 2.89 bits per heavy atom. The van der Waals surface area contributed by atoms with Gasteiger partial charge >= 0.3 is 0 Å². The van der Waals surface area contributed by atoms with Gasteiger partial charge in [-0.1, -0.05) is 12.1 Å². The number of carbonyl (C=O) groups excluding carboxylic acids is 2. The number of quaternary nitrogens is 1. The highest BCUT2D eigenvalue weighted by Crippen LogP contribution is 2.35. The molecule has 7 nitrogen and oxygen atoms in total. The van der Waals surface area contributed by atoms with Crippen molar-refractivity contribution >= 4 is 34.0 Å². The number of nitrogens with two attached hydrogens (primary N) is 1. The molecule has 0 radical (unpaired) electrons. The molecule has 0 bridgehead atoms. The van der Waals surface area contributed by atoms with E-state index < -0.39 is 0 Å². The van der Waals surface area contributed by atoms with Crippen LogP contribution in [0.1, 0.15) is 25.5 Å². The highest BCUT2D eigenvalue weighted by atomic mass is 32.1. The van der Waals surface area contributed by atoms with Crippen molar-refractivity contribution in [2.45, 2.75) is 26.3 Å². The van der Waals surface area contributed by atoms with E-state index in [-0.39, 0.29) is 17.7 Å². The van der Waals surface area contributed by atoms with Crippen molar-refractivity contribution in [3.8, 4) is 5.75 Å². The van der Waals surface area contributed by atoms with Gasteiger partial charge in [-0.05, 0) is 25.0 Å². The second kappa shape index (κ2) is 8.49. The van der Waals surface area contributed by atoms with Crippen molar-refractivity contribution in [2.75, 3.05) is 25.1 Å². The van der Waals surface area contributed by atoms with Crippen LogP contribution < -0.4 is 20.3 Å². The summed E-state index contributed by atoms with van der Waals surface area (Å²) < 4.78 is 5.40. The fourth-order valence-electron chi connectivity index (χ4n) is 3.51. The number of aromatic nitrogens is 1. The Labute approximate surface area is 162 Å². The predicted octanol–water partition coefficient (Wildman–Crippen LogP) is 1.12. The lowest BCUT2D eigenvalue weighted by Gasteiger charge is -2.27. The molecule has 8 heteroatoms. The molecule has 3 rings (SSSR count). The zero-order valence-corrected chi connectivity index (χ0v) is 16.4. The smallest absolute Gasteiger partial charge is 0.230 e. The number of nitrogens with zero attached hydrogens (tertiary/aromatic N) is 2. The summed E-state index contributed by atoms with van der Waals surface area (Å²) in [5, 5.41) is 2.59. The van der Waals surface area contributed by atoms with Gasteiger partial charge in [0.15, 0.2) is 5.13 Å². The van der Waals surface area contributed by atoms with Crippen LogP contribution in [0.3, 0.4) is 0 Å². The van der Waals surface area contributed by atoms with Crippen molar-refractivity contribution in [1.82, 2.24) is 4.98 Å². The average molecular weight is 390 g/mol. The molecule has 1 aliphatic heterocycles. The molecule has 3 N–H and O–H groups in total. The summed E-state index contributed by atoms with van der Waals surface area (Å²) >= 11 is 1.43. The summed E-state index contributed by atoms with van der Waals surface area (Å²) in [7, 11) is 1.58. The molecule has 1 saturated heterocycles. The molecule has 0 saturated carbocycles. The lowest BCUT2D eigenvalue weighted by molar-refractivity contribution is -0.921. The first-order valence-electron chi connectivity index (χ1n) is 9.00. The van der Waals surface area contributed by atoms with Gasteiger partial charge in [0, 0.05) is 12.3 Å². The first-order valence-corrected chi connectivity index (χ1v) is 9.88. The number of hydrogen-bond acceptors (Lipinski definition) is 5. The average Bonchev–Trinajstić information content (AvgIpc) is 3.10. The van der Waals surface area contributed by atoms with Gasteiger partial charge < -0.3 is 15.4 Å². The van der Waals surface area contributed by atoms with Crippen LogP contribution in [0.5, 0.6) is 5.75 Å². The largest absolute Gasteiger partial charge is 0.495 e. The SMILES string of the molecule is COc1ccccc1N(C(C)=O)c1nc(C[NH+]2CCC[C@@H](C(N)=O)C2)cs1. The second-order valence-electron chi connectivity index (χ2n) is 6.77. The summed E-state index contributed by atoms with van der Waals surface area (Å²) in [6, 6.07) is 7.39. The van der Waals surface area contributed by atoms with E-state index in [4.69, 9.17) is 10.5 Å². The molecule has 27 heavy (non-hydrogen) atoms. The van der Waals surface area contributed by atoms with E-state index in [1.165, 1.54) is 23.2 Å². The Hall–Kier alpha value is -2.45. The number of ether oxygens (including phenoxy) is 1. The minimum Gasteiger partial charge on any atom is -0.495 e. The number of primary amides is 1. The van der Waals surface area contributed by atoms with Gasteiger partial charge in [0.1, 0.15) is 18.0 Å². The maximum absolute atomic E-state index is 12.3. The fourth-order valence-corrected chi connectivity index (χ4v) is 4.39. The van der Waals surface area contributed by atoms with Gasteiger partial charge in [0.25, 0.3) is 0 Å². The third-order valence-corrected chi connectivity index (χ3v) is 5.70. The zero-order chi connectivity index (χ0) is 19.4. The lowest BCUT2D eigenvalue weighted by atomic mass is 9.97. The van der Waals surface area contributed by atoms with E-state index in [1.807, 2.05) is 29.6 Å². The Morgan fingerprint density at radius 1 is 1.41 bits per heavy atom. The maximum Gasteiger partial charge on any atom is 0.230 e. The number of piperidine rings is 1. The Bertz CT molecular complexity index is 823. The zero-order valence-electron chi connectivity index (χ0n) is 15.6. The molecule has 0 spiro atoms. The van der Waals surface area contributed by atoms with E-state index in [0.717, 1.165) is 38.2 Å². The Morgan fingerprint density at radius 2 is 2.19 bits per heavy atom. The van der Waals surface area contributed by atoms with Crippen molar-refractivity contribution in [1.29, 1.82) is 0 Å². The predicted molar refractivity (Wildman–Crippen MR) is 104 cm³/mol. The highest BCUT2D eigenvalue weighted by Gasteiger charge is 2.28. The molecule has 144 valence electrons. The number of thiazole rings is 1. The van der Waals surface area contributed by atoms with Crippen LogP contribution in [0, 0.1) is 5.92 Å². The molecule has 1 aromatic heterocycles. The minimum absolute atomic E-state index is 0.0610. The number of likely N-dealkylation sites (tertiary alicyclic amines) is 1. The van der Waals surface area contributed by atoms with E-state index in [1.54, 1.807) is 12.0 Å². The third kappa shape index (κ3) is 4.45. The normalized spacial score (nSPS) is 19.5. The number of para-hydroxylation sites is 2.